The highest BCUT2D eigenvalue weighted by Gasteiger charge is 2.22. The Bertz CT molecular complexity index is 250. The van der Waals surface area contributed by atoms with Crippen LogP contribution in [0.25, 0.3) is 0 Å². The Morgan fingerprint density at radius 1 is 1.26 bits per heavy atom. The van der Waals surface area contributed by atoms with E-state index in [4.69, 9.17) is 0 Å². The van der Waals surface area contributed by atoms with E-state index >= 15 is 0 Å². The molecule has 1 aliphatic rings. The molecule has 0 saturated carbocycles. The van der Waals surface area contributed by atoms with Crippen molar-refractivity contribution in [3.8, 4) is 0 Å². The summed E-state index contributed by atoms with van der Waals surface area (Å²) in [6.07, 6.45) is 4.06. The average molecular weight is 382 g/mol. The summed E-state index contributed by atoms with van der Waals surface area (Å²) in [5.74, 6) is 0.941. The monoisotopic (exact) mass is 382 g/mol. The van der Waals surface area contributed by atoms with Crippen molar-refractivity contribution >= 4 is 29.9 Å². The SMILES string of the molecule is CCNC(=NCC(C)N1CCCCC1C)NCC.I. The van der Waals surface area contributed by atoms with Gasteiger partial charge in [-0.2, -0.15) is 0 Å². The molecule has 4 nitrogen and oxygen atoms in total. The van der Waals surface area contributed by atoms with Crippen molar-refractivity contribution in [1.29, 1.82) is 0 Å². The van der Waals surface area contributed by atoms with Crippen LogP contribution in [0.5, 0.6) is 0 Å². The highest BCUT2D eigenvalue weighted by atomic mass is 127. The van der Waals surface area contributed by atoms with Gasteiger partial charge in [-0.1, -0.05) is 6.42 Å². The minimum Gasteiger partial charge on any atom is -0.357 e. The molecular weight excluding hydrogens is 351 g/mol. The van der Waals surface area contributed by atoms with Crippen molar-refractivity contribution in [1.82, 2.24) is 15.5 Å². The molecule has 0 bridgehead atoms. The Labute approximate surface area is 135 Å². The van der Waals surface area contributed by atoms with Crippen LogP contribution < -0.4 is 10.6 Å². The van der Waals surface area contributed by atoms with Crippen LogP contribution in [0, 0.1) is 0 Å². The molecule has 1 aliphatic heterocycles. The molecule has 1 fully saturated rings. The van der Waals surface area contributed by atoms with E-state index in [-0.39, 0.29) is 24.0 Å². The topological polar surface area (TPSA) is 39.7 Å². The van der Waals surface area contributed by atoms with Crippen LogP contribution in [0.1, 0.15) is 47.0 Å². The first-order valence-corrected chi connectivity index (χ1v) is 7.46. The second kappa shape index (κ2) is 10.7. The lowest BCUT2D eigenvalue weighted by Crippen LogP contribution is -2.45. The molecule has 114 valence electrons. The molecule has 19 heavy (non-hydrogen) atoms. The van der Waals surface area contributed by atoms with Crippen LogP contribution in [-0.2, 0) is 0 Å². The maximum atomic E-state index is 4.67. The fraction of sp³-hybridized carbons (Fsp3) is 0.929. The fourth-order valence-corrected chi connectivity index (χ4v) is 2.61. The molecule has 1 heterocycles. The van der Waals surface area contributed by atoms with Crippen molar-refractivity contribution in [3.63, 3.8) is 0 Å². The van der Waals surface area contributed by atoms with Gasteiger partial charge in [0.25, 0.3) is 0 Å². The molecule has 0 aromatic heterocycles. The molecule has 0 radical (unpaired) electrons. The van der Waals surface area contributed by atoms with E-state index < -0.39 is 0 Å². The third-order valence-corrected chi connectivity index (χ3v) is 3.62. The van der Waals surface area contributed by atoms with Gasteiger partial charge in [0.1, 0.15) is 0 Å². The number of hydrogen-bond acceptors (Lipinski definition) is 2. The minimum absolute atomic E-state index is 0. The fourth-order valence-electron chi connectivity index (χ4n) is 2.61. The predicted octanol–water partition coefficient (Wildman–Crippen LogP) is 2.44. The predicted molar refractivity (Wildman–Crippen MR) is 94.6 cm³/mol. The van der Waals surface area contributed by atoms with Gasteiger partial charge in [0.05, 0.1) is 6.54 Å². The molecule has 5 heteroatoms. The van der Waals surface area contributed by atoms with Crippen LogP contribution in [0.4, 0.5) is 0 Å². The normalized spacial score (nSPS) is 21.2. The Morgan fingerprint density at radius 3 is 2.42 bits per heavy atom. The molecule has 2 atom stereocenters. The van der Waals surface area contributed by atoms with Crippen LogP contribution in [0.3, 0.4) is 0 Å². The lowest BCUT2D eigenvalue weighted by molar-refractivity contribution is 0.118. The zero-order valence-corrected chi connectivity index (χ0v) is 15.2. The Morgan fingerprint density at radius 2 is 1.89 bits per heavy atom. The summed E-state index contributed by atoms with van der Waals surface area (Å²) < 4.78 is 0. The molecule has 1 saturated heterocycles. The van der Waals surface area contributed by atoms with Crippen LogP contribution >= 0.6 is 24.0 Å². The first kappa shape index (κ1) is 19.0. The summed E-state index contributed by atoms with van der Waals surface area (Å²) in [6, 6.07) is 1.25. The first-order chi connectivity index (χ1) is 8.69. The van der Waals surface area contributed by atoms with E-state index in [9.17, 15) is 0 Å². The smallest absolute Gasteiger partial charge is 0.191 e. The molecular formula is C14H31IN4. The van der Waals surface area contributed by atoms with Gasteiger partial charge in [-0.05, 0) is 47.1 Å². The van der Waals surface area contributed by atoms with E-state index in [2.05, 4.69) is 48.2 Å². The van der Waals surface area contributed by atoms with Gasteiger partial charge in [0.2, 0.25) is 0 Å². The van der Waals surface area contributed by atoms with Crippen molar-refractivity contribution in [3.05, 3.63) is 0 Å². The number of piperidine rings is 1. The van der Waals surface area contributed by atoms with Crippen molar-refractivity contribution in [2.75, 3.05) is 26.2 Å². The van der Waals surface area contributed by atoms with Gasteiger partial charge >= 0.3 is 0 Å². The number of likely N-dealkylation sites (tertiary alicyclic amines) is 1. The van der Waals surface area contributed by atoms with Crippen molar-refractivity contribution < 1.29 is 0 Å². The summed E-state index contributed by atoms with van der Waals surface area (Å²) in [7, 11) is 0. The summed E-state index contributed by atoms with van der Waals surface area (Å²) in [5.41, 5.74) is 0. The van der Waals surface area contributed by atoms with Gasteiger partial charge in [0, 0.05) is 25.2 Å². The number of guanidine groups is 1. The van der Waals surface area contributed by atoms with Crippen LogP contribution in [0.2, 0.25) is 0 Å². The third kappa shape index (κ3) is 6.79. The van der Waals surface area contributed by atoms with Crippen LogP contribution in [0.15, 0.2) is 4.99 Å². The maximum absolute atomic E-state index is 4.67. The molecule has 0 aromatic carbocycles. The zero-order valence-electron chi connectivity index (χ0n) is 12.9. The molecule has 1 rings (SSSR count). The second-order valence-electron chi connectivity index (χ2n) is 5.18. The molecule has 2 N–H and O–H groups in total. The van der Waals surface area contributed by atoms with Gasteiger partial charge in [0.15, 0.2) is 5.96 Å². The molecule has 0 aromatic rings. The summed E-state index contributed by atoms with van der Waals surface area (Å²) in [5, 5.41) is 6.55. The number of nitrogens with one attached hydrogen (secondary N) is 2. The summed E-state index contributed by atoms with van der Waals surface area (Å²) >= 11 is 0. The maximum Gasteiger partial charge on any atom is 0.191 e. The lowest BCUT2D eigenvalue weighted by atomic mass is 10.0. The standard InChI is InChI=1S/C14H30N4.HI/c1-5-15-14(16-6-2)17-11-13(4)18-10-8-7-9-12(18)3;/h12-13H,5-11H2,1-4H3,(H2,15,16,17);1H. The molecule has 0 aliphatic carbocycles. The van der Waals surface area contributed by atoms with Gasteiger partial charge in [-0.15, -0.1) is 24.0 Å². The molecule has 0 amide bonds. The molecule has 0 spiro atoms. The second-order valence-corrected chi connectivity index (χ2v) is 5.18. The summed E-state index contributed by atoms with van der Waals surface area (Å²) in [4.78, 5) is 7.27. The highest BCUT2D eigenvalue weighted by Crippen LogP contribution is 2.18. The van der Waals surface area contributed by atoms with E-state index in [0.717, 1.165) is 25.6 Å². The van der Waals surface area contributed by atoms with Gasteiger partial charge in [-0.3, -0.25) is 9.89 Å². The van der Waals surface area contributed by atoms with E-state index in [1.165, 1.54) is 25.8 Å². The zero-order chi connectivity index (χ0) is 13.4. The van der Waals surface area contributed by atoms with Crippen LogP contribution in [-0.4, -0.2) is 49.1 Å². The number of aliphatic imine (C=N–C) groups is 1. The van der Waals surface area contributed by atoms with Gasteiger partial charge in [-0.25, -0.2) is 0 Å². The Hall–Kier alpha value is -0.0400. The van der Waals surface area contributed by atoms with E-state index in [1.807, 2.05) is 0 Å². The van der Waals surface area contributed by atoms with Crippen molar-refractivity contribution in [2.45, 2.75) is 59.0 Å². The van der Waals surface area contributed by atoms with E-state index in [1.54, 1.807) is 0 Å². The number of nitrogens with zero attached hydrogens (tertiary/aromatic N) is 2. The van der Waals surface area contributed by atoms with Crippen molar-refractivity contribution in [2.24, 2.45) is 4.99 Å². The molecule has 2 unspecified atom stereocenters. The number of rotatable bonds is 5. The Kier molecular flexibility index (Phi) is 10.7. The quantitative estimate of drug-likeness (QED) is 0.436. The van der Waals surface area contributed by atoms with Gasteiger partial charge < -0.3 is 10.6 Å². The number of halogens is 1. The largest absolute Gasteiger partial charge is 0.357 e. The third-order valence-electron chi connectivity index (χ3n) is 3.62. The highest BCUT2D eigenvalue weighted by molar-refractivity contribution is 14.0. The summed E-state index contributed by atoms with van der Waals surface area (Å²) in [6.45, 7) is 12.8. The Balaban J connectivity index is 0.00000324. The minimum atomic E-state index is 0. The lowest BCUT2D eigenvalue weighted by Gasteiger charge is -2.37. The first-order valence-electron chi connectivity index (χ1n) is 7.46. The average Bonchev–Trinajstić information content (AvgIpc) is 2.36. The van der Waals surface area contributed by atoms with E-state index in [0.29, 0.717) is 12.1 Å². The number of hydrogen-bond donors (Lipinski definition) is 2.